The molecule has 0 saturated heterocycles. The van der Waals surface area contributed by atoms with Gasteiger partial charge in [-0.1, -0.05) is 0 Å². The van der Waals surface area contributed by atoms with Crippen molar-refractivity contribution >= 4 is 15.9 Å². The second kappa shape index (κ2) is 5.47. The fraction of sp³-hybridized carbons (Fsp3) is 0.636. The quantitative estimate of drug-likeness (QED) is 0.836. The van der Waals surface area contributed by atoms with Gasteiger partial charge in [0.1, 0.15) is 0 Å². The molecule has 0 N–H and O–H groups in total. The number of nitrogens with zero attached hydrogens (tertiary/aromatic N) is 3. The molecule has 1 unspecified atom stereocenters. The zero-order chi connectivity index (χ0) is 15.8. The molecule has 1 heterocycles. The smallest absolute Gasteiger partial charge is 0.273 e. The van der Waals surface area contributed by atoms with Crippen LogP contribution in [0, 0.1) is 13.8 Å². The summed E-state index contributed by atoms with van der Waals surface area (Å²) in [7, 11) is -2.41. The molecular weight excluding hydrogens is 292 g/mol. The molecule has 1 aromatic rings. The molecule has 1 amide bonds. The minimum absolute atomic E-state index is 0.105. The number of amides is 1. The van der Waals surface area contributed by atoms with Crippen LogP contribution in [-0.2, 0) is 21.9 Å². The Morgan fingerprint density at radius 2 is 1.85 bits per heavy atom. The van der Waals surface area contributed by atoms with Crippen molar-refractivity contribution in [1.29, 1.82) is 0 Å². The van der Waals surface area contributed by atoms with E-state index in [1.807, 2.05) is 0 Å². The molecule has 1 rings (SSSR count). The predicted molar refractivity (Wildman–Crippen MR) is 68.8 cm³/mol. The maximum atomic E-state index is 12.5. The monoisotopic (exact) mass is 309 g/mol. The van der Waals surface area contributed by atoms with Gasteiger partial charge in [0, 0.05) is 25.4 Å². The lowest BCUT2D eigenvalue weighted by molar-refractivity contribution is -0.127. The van der Waals surface area contributed by atoms with E-state index in [4.69, 9.17) is 0 Å². The number of rotatable bonds is 4. The van der Waals surface area contributed by atoms with Crippen molar-refractivity contribution in [3.05, 3.63) is 17.0 Å². The van der Waals surface area contributed by atoms with Gasteiger partial charge in [-0.15, -0.1) is 0 Å². The Balaban J connectivity index is 3.16. The largest absolute Gasteiger partial charge is 0.355 e. The number of carbonyl (C=O) groups excluding carboxylic acids is 1. The molecule has 0 bridgehead atoms. The number of halogens is 2. The van der Waals surface area contributed by atoms with Gasteiger partial charge in [-0.2, -0.15) is 13.9 Å². The highest BCUT2D eigenvalue weighted by Gasteiger charge is 2.36. The van der Waals surface area contributed by atoms with E-state index in [0.29, 0.717) is 17.0 Å². The van der Waals surface area contributed by atoms with Gasteiger partial charge in [0.15, 0.2) is 0 Å². The molecule has 0 spiro atoms. The van der Waals surface area contributed by atoms with Gasteiger partial charge in [-0.25, -0.2) is 12.7 Å². The van der Waals surface area contributed by atoms with Crippen molar-refractivity contribution in [2.75, 3.05) is 7.05 Å². The van der Waals surface area contributed by atoms with Crippen LogP contribution in [0.15, 0.2) is 0 Å². The average molecular weight is 309 g/mol. The van der Waals surface area contributed by atoms with Gasteiger partial charge in [0.25, 0.3) is 10.0 Å². The van der Waals surface area contributed by atoms with Crippen molar-refractivity contribution in [3.8, 4) is 0 Å². The average Bonchev–Trinajstić information content (AvgIpc) is 2.60. The number of likely N-dealkylation sites (N-methyl/N-ethyl adjacent to an activating group) is 1. The van der Waals surface area contributed by atoms with Gasteiger partial charge in [0.05, 0.1) is 11.6 Å². The number of carbonyl (C=O) groups is 1. The lowest BCUT2D eigenvalue weighted by Gasteiger charge is -2.21. The van der Waals surface area contributed by atoms with E-state index in [2.05, 4.69) is 5.10 Å². The van der Waals surface area contributed by atoms with Crippen LogP contribution in [0.4, 0.5) is 8.78 Å². The van der Waals surface area contributed by atoms with Gasteiger partial charge >= 0.3 is 5.76 Å². The third kappa shape index (κ3) is 2.67. The van der Waals surface area contributed by atoms with Gasteiger partial charge in [0.2, 0.25) is 5.91 Å². The minimum atomic E-state index is -4.92. The number of hydrogen-bond acceptors (Lipinski definition) is 4. The van der Waals surface area contributed by atoms with Gasteiger partial charge in [-0.3, -0.25) is 9.48 Å². The SMILES string of the molecule is Cc1nn(C)c(C)c1C(C)C(=O)N(C)S(=O)(=O)C(F)F. The molecule has 0 radical (unpaired) electrons. The van der Waals surface area contributed by atoms with Gasteiger partial charge in [-0.05, 0) is 20.8 Å². The Kier molecular flexibility index (Phi) is 4.52. The first-order chi connectivity index (χ1) is 9.01. The summed E-state index contributed by atoms with van der Waals surface area (Å²) >= 11 is 0. The second-order valence-corrected chi connectivity index (χ2v) is 6.48. The summed E-state index contributed by atoms with van der Waals surface area (Å²) < 4.78 is 49.2. The van der Waals surface area contributed by atoms with Crippen molar-refractivity contribution in [2.24, 2.45) is 7.05 Å². The molecule has 0 aromatic carbocycles. The Bertz CT molecular complexity index is 625. The van der Waals surface area contributed by atoms with E-state index >= 15 is 0 Å². The molecule has 20 heavy (non-hydrogen) atoms. The summed E-state index contributed by atoms with van der Waals surface area (Å²) in [5.74, 6) is -5.41. The molecular formula is C11H17F2N3O3S. The molecule has 9 heteroatoms. The van der Waals surface area contributed by atoms with Crippen LogP contribution in [0.25, 0.3) is 0 Å². The minimum Gasteiger partial charge on any atom is -0.273 e. The Morgan fingerprint density at radius 1 is 1.35 bits per heavy atom. The summed E-state index contributed by atoms with van der Waals surface area (Å²) in [5, 5.41) is 4.12. The van der Waals surface area contributed by atoms with Crippen molar-refractivity contribution < 1.29 is 22.0 Å². The molecule has 1 aromatic heterocycles. The maximum absolute atomic E-state index is 12.5. The third-order valence-corrected chi connectivity index (χ3v) is 4.68. The zero-order valence-corrected chi connectivity index (χ0v) is 12.7. The van der Waals surface area contributed by atoms with Crippen LogP contribution in [0.5, 0.6) is 0 Å². The third-order valence-electron chi connectivity index (χ3n) is 3.29. The number of aromatic nitrogens is 2. The summed E-state index contributed by atoms with van der Waals surface area (Å²) in [6.07, 6.45) is 0. The summed E-state index contributed by atoms with van der Waals surface area (Å²) in [6, 6.07) is 0. The number of sulfonamides is 1. The molecule has 1 atom stereocenters. The lowest BCUT2D eigenvalue weighted by Crippen LogP contribution is -2.39. The molecule has 0 aliphatic heterocycles. The zero-order valence-electron chi connectivity index (χ0n) is 11.9. The lowest BCUT2D eigenvalue weighted by atomic mass is 9.98. The van der Waals surface area contributed by atoms with Crippen molar-refractivity contribution in [2.45, 2.75) is 32.4 Å². The van der Waals surface area contributed by atoms with Crippen LogP contribution in [0.1, 0.15) is 29.8 Å². The number of alkyl halides is 2. The summed E-state index contributed by atoms with van der Waals surface area (Å²) in [6.45, 7) is 4.87. The van der Waals surface area contributed by atoms with E-state index in [1.54, 1.807) is 25.6 Å². The molecule has 0 saturated carbocycles. The summed E-state index contributed by atoms with van der Waals surface area (Å²) in [5.41, 5.74) is 1.80. The highest BCUT2D eigenvalue weighted by molar-refractivity contribution is 7.89. The number of aryl methyl sites for hydroxylation is 2. The van der Waals surface area contributed by atoms with E-state index in [1.165, 1.54) is 6.92 Å². The van der Waals surface area contributed by atoms with Crippen LogP contribution in [-0.4, -0.2) is 41.2 Å². The molecule has 114 valence electrons. The first-order valence-electron chi connectivity index (χ1n) is 5.81. The van der Waals surface area contributed by atoms with Crippen molar-refractivity contribution in [1.82, 2.24) is 14.1 Å². The molecule has 0 fully saturated rings. The van der Waals surface area contributed by atoms with Crippen LogP contribution in [0.3, 0.4) is 0 Å². The number of hydrogen-bond donors (Lipinski definition) is 0. The van der Waals surface area contributed by atoms with E-state index in [-0.39, 0.29) is 4.31 Å². The first kappa shape index (κ1) is 16.5. The highest BCUT2D eigenvalue weighted by Crippen LogP contribution is 2.26. The van der Waals surface area contributed by atoms with E-state index < -0.39 is 27.6 Å². The fourth-order valence-corrected chi connectivity index (χ4v) is 2.71. The Labute approximate surface area is 116 Å². The van der Waals surface area contributed by atoms with Crippen molar-refractivity contribution in [3.63, 3.8) is 0 Å². The van der Waals surface area contributed by atoms with E-state index in [9.17, 15) is 22.0 Å². The second-order valence-electron chi connectivity index (χ2n) is 4.54. The Hall–Kier alpha value is -1.51. The van der Waals surface area contributed by atoms with Crippen LogP contribution < -0.4 is 0 Å². The molecule has 0 aliphatic carbocycles. The first-order valence-corrected chi connectivity index (χ1v) is 7.32. The topological polar surface area (TPSA) is 72.3 Å². The van der Waals surface area contributed by atoms with Crippen LogP contribution in [0.2, 0.25) is 0 Å². The Morgan fingerprint density at radius 3 is 2.20 bits per heavy atom. The predicted octanol–water partition coefficient (Wildman–Crippen LogP) is 1.15. The van der Waals surface area contributed by atoms with Gasteiger partial charge < -0.3 is 0 Å². The highest BCUT2D eigenvalue weighted by atomic mass is 32.2. The molecule has 0 aliphatic rings. The standard InChI is InChI=1S/C11H17F2N3O3S/c1-6(9-7(2)14-15(4)8(9)3)10(17)16(5)20(18,19)11(12)13/h6,11H,1-5H3. The van der Waals surface area contributed by atoms with Crippen LogP contribution >= 0.6 is 0 Å². The normalized spacial score (nSPS) is 13.6. The fourth-order valence-electron chi connectivity index (χ4n) is 2.06. The summed E-state index contributed by atoms with van der Waals surface area (Å²) in [4.78, 5) is 12.1. The molecule has 6 nitrogen and oxygen atoms in total. The van der Waals surface area contributed by atoms with E-state index in [0.717, 1.165) is 7.05 Å². The maximum Gasteiger partial charge on any atom is 0.355 e.